The van der Waals surface area contributed by atoms with Crippen LogP contribution in [0.25, 0.3) is 0 Å². The van der Waals surface area contributed by atoms with Crippen LogP contribution in [0, 0.1) is 0 Å². The molecular weight excluding hydrogens is 300 g/mol. The highest BCUT2D eigenvalue weighted by Gasteiger charge is 2.10. The SMILES string of the molecule is COc1cc(CNC(C)CC(N)=O)cc(Br)c1O. The molecule has 1 aromatic rings. The standard InChI is InChI=1S/C12H17BrN2O3/c1-7(3-11(14)16)15-6-8-4-9(13)12(17)10(5-8)18-2/h4-5,7,15,17H,3,6H2,1-2H3,(H2,14,16). The molecule has 1 rings (SSSR count). The lowest BCUT2D eigenvalue weighted by molar-refractivity contribution is -0.118. The average molecular weight is 317 g/mol. The molecule has 5 nitrogen and oxygen atoms in total. The third kappa shape index (κ3) is 4.19. The van der Waals surface area contributed by atoms with Crippen LogP contribution in [0.2, 0.25) is 0 Å². The first-order valence-corrected chi connectivity index (χ1v) is 6.30. The van der Waals surface area contributed by atoms with Crippen molar-refractivity contribution in [1.29, 1.82) is 0 Å². The van der Waals surface area contributed by atoms with Crippen molar-refractivity contribution in [2.75, 3.05) is 7.11 Å². The summed E-state index contributed by atoms with van der Waals surface area (Å²) in [5, 5.41) is 12.8. The zero-order chi connectivity index (χ0) is 13.7. The zero-order valence-electron chi connectivity index (χ0n) is 10.4. The summed E-state index contributed by atoms with van der Waals surface area (Å²) in [5.74, 6) is 0.148. The third-order valence-electron chi connectivity index (χ3n) is 2.47. The van der Waals surface area contributed by atoms with Gasteiger partial charge >= 0.3 is 0 Å². The molecule has 0 bridgehead atoms. The molecule has 0 aliphatic rings. The van der Waals surface area contributed by atoms with Gasteiger partial charge in [-0.1, -0.05) is 0 Å². The Morgan fingerprint density at radius 1 is 1.61 bits per heavy atom. The second-order valence-corrected chi connectivity index (χ2v) is 4.94. The van der Waals surface area contributed by atoms with E-state index < -0.39 is 0 Å². The zero-order valence-corrected chi connectivity index (χ0v) is 12.0. The average Bonchev–Trinajstić information content (AvgIpc) is 2.29. The fraction of sp³-hybridized carbons (Fsp3) is 0.417. The van der Waals surface area contributed by atoms with Crippen molar-refractivity contribution in [3.8, 4) is 11.5 Å². The number of benzene rings is 1. The van der Waals surface area contributed by atoms with E-state index in [1.165, 1.54) is 7.11 Å². The van der Waals surface area contributed by atoms with Crippen molar-refractivity contribution in [1.82, 2.24) is 5.32 Å². The lowest BCUT2D eigenvalue weighted by Gasteiger charge is -2.13. The number of carbonyl (C=O) groups excluding carboxylic acids is 1. The van der Waals surface area contributed by atoms with E-state index in [9.17, 15) is 9.90 Å². The summed E-state index contributed by atoms with van der Waals surface area (Å²) in [7, 11) is 1.49. The van der Waals surface area contributed by atoms with Gasteiger partial charge in [0.1, 0.15) is 0 Å². The van der Waals surface area contributed by atoms with Gasteiger partial charge in [-0.25, -0.2) is 0 Å². The molecule has 0 saturated heterocycles. The number of hydrogen-bond donors (Lipinski definition) is 3. The van der Waals surface area contributed by atoms with Gasteiger partial charge in [-0.15, -0.1) is 0 Å². The summed E-state index contributed by atoms with van der Waals surface area (Å²) < 4.78 is 5.63. The number of rotatable bonds is 6. The molecular formula is C12H17BrN2O3. The topological polar surface area (TPSA) is 84.6 Å². The van der Waals surface area contributed by atoms with E-state index in [2.05, 4.69) is 21.2 Å². The van der Waals surface area contributed by atoms with Gasteiger partial charge in [-0.05, 0) is 40.5 Å². The second kappa shape index (κ2) is 6.61. The number of carbonyl (C=O) groups is 1. The Labute approximate surface area is 114 Å². The normalized spacial score (nSPS) is 12.2. The molecule has 1 aromatic carbocycles. The molecule has 1 unspecified atom stereocenters. The largest absolute Gasteiger partial charge is 0.503 e. The van der Waals surface area contributed by atoms with E-state index in [4.69, 9.17) is 10.5 Å². The number of ether oxygens (including phenoxy) is 1. The van der Waals surface area contributed by atoms with Crippen molar-refractivity contribution in [3.05, 3.63) is 22.2 Å². The van der Waals surface area contributed by atoms with Crippen LogP contribution in [0.4, 0.5) is 0 Å². The van der Waals surface area contributed by atoms with E-state index in [0.29, 0.717) is 16.8 Å². The summed E-state index contributed by atoms with van der Waals surface area (Å²) in [6.45, 7) is 2.45. The molecule has 100 valence electrons. The van der Waals surface area contributed by atoms with Crippen molar-refractivity contribution < 1.29 is 14.6 Å². The highest BCUT2D eigenvalue weighted by molar-refractivity contribution is 9.10. The lowest BCUT2D eigenvalue weighted by atomic mass is 10.1. The Hall–Kier alpha value is -1.27. The molecule has 0 heterocycles. The number of nitrogens with one attached hydrogen (secondary N) is 1. The number of aromatic hydroxyl groups is 1. The van der Waals surface area contributed by atoms with Crippen molar-refractivity contribution >= 4 is 21.8 Å². The molecule has 0 spiro atoms. The summed E-state index contributed by atoms with van der Waals surface area (Å²) in [6.07, 6.45) is 0.288. The number of nitrogens with two attached hydrogens (primary N) is 1. The van der Waals surface area contributed by atoms with Gasteiger partial charge in [0.15, 0.2) is 11.5 Å². The molecule has 0 aromatic heterocycles. The predicted molar refractivity (Wildman–Crippen MR) is 72.5 cm³/mol. The molecule has 0 saturated carbocycles. The monoisotopic (exact) mass is 316 g/mol. The van der Waals surface area contributed by atoms with Crippen LogP contribution >= 0.6 is 15.9 Å². The van der Waals surface area contributed by atoms with E-state index in [-0.39, 0.29) is 24.1 Å². The molecule has 6 heteroatoms. The summed E-state index contributed by atoms with van der Waals surface area (Å²) in [5.41, 5.74) is 6.05. The van der Waals surface area contributed by atoms with Gasteiger partial charge in [-0.2, -0.15) is 0 Å². The Bertz CT molecular complexity index is 438. The number of methoxy groups -OCH3 is 1. The Kier molecular flexibility index (Phi) is 5.43. The molecule has 0 fully saturated rings. The maximum absolute atomic E-state index is 10.7. The van der Waals surface area contributed by atoms with Gasteiger partial charge in [-0.3, -0.25) is 4.79 Å². The Morgan fingerprint density at radius 3 is 2.83 bits per heavy atom. The molecule has 1 amide bonds. The molecule has 0 aliphatic carbocycles. The van der Waals surface area contributed by atoms with Crippen LogP contribution in [0.3, 0.4) is 0 Å². The van der Waals surface area contributed by atoms with E-state index in [0.717, 1.165) is 5.56 Å². The number of primary amides is 1. The van der Waals surface area contributed by atoms with Crippen LogP contribution in [-0.2, 0) is 11.3 Å². The second-order valence-electron chi connectivity index (χ2n) is 4.08. The highest BCUT2D eigenvalue weighted by Crippen LogP contribution is 2.35. The van der Waals surface area contributed by atoms with Gasteiger partial charge in [0.2, 0.25) is 5.91 Å². The molecule has 18 heavy (non-hydrogen) atoms. The third-order valence-corrected chi connectivity index (χ3v) is 3.07. The number of phenols is 1. The van der Waals surface area contributed by atoms with E-state index in [1.807, 2.05) is 6.92 Å². The smallest absolute Gasteiger partial charge is 0.218 e. The van der Waals surface area contributed by atoms with Crippen molar-refractivity contribution in [2.24, 2.45) is 5.73 Å². The molecule has 4 N–H and O–H groups in total. The first-order valence-electron chi connectivity index (χ1n) is 5.51. The molecule has 1 atom stereocenters. The van der Waals surface area contributed by atoms with Gasteiger partial charge in [0.05, 0.1) is 11.6 Å². The van der Waals surface area contributed by atoms with Gasteiger partial charge in [0.25, 0.3) is 0 Å². The van der Waals surface area contributed by atoms with Crippen molar-refractivity contribution in [2.45, 2.75) is 25.9 Å². The highest BCUT2D eigenvalue weighted by atomic mass is 79.9. The maximum Gasteiger partial charge on any atom is 0.218 e. The number of phenolic OH excluding ortho intramolecular Hbond substituents is 1. The number of hydrogen-bond acceptors (Lipinski definition) is 4. The molecule has 0 aliphatic heterocycles. The van der Waals surface area contributed by atoms with Gasteiger partial charge < -0.3 is 20.9 Å². The minimum absolute atomic E-state index is 0.000994. The van der Waals surface area contributed by atoms with E-state index in [1.54, 1.807) is 12.1 Å². The van der Waals surface area contributed by atoms with Crippen LogP contribution in [-0.4, -0.2) is 24.2 Å². The first-order chi connectivity index (χ1) is 8.43. The molecule has 0 radical (unpaired) electrons. The fourth-order valence-electron chi connectivity index (χ4n) is 1.55. The lowest BCUT2D eigenvalue weighted by Crippen LogP contribution is -2.30. The first kappa shape index (κ1) is 14.8. The van der Waals surface area contributed by atoms with Crippen LogP contribution < -0.4 is 15.8 Å². The minimum atomic E-state index is -0.334. The fourth-order valence-corrected chi connectivity index (χ4v) is 2.04. The minimum Gasteiger partial charge on any atom is -0.503 e. The quantitative estimate of drug-likeness (QED) is 0.743. The number of amides is 1. The van der Waals surface area contributed by atoms with Crippen molar-refractivity contribution in [3.63, 3.8) is 0 Å². The van der Waals surface area contributed by atoms with Gasteiger partial charge in [0, 0.05) is 19.0 Å². The Balaban J connectivity index is 2.68. The summed E-state index contributed by atoms with van der Waals surface area (Å²) >= 11 is 3.25. The maximum atomic E-state index is 10.7. The summed E-state index contributed by atoms with van der Waals surface area (Å²) in [4.78, 5) is 10.7. The van der Waals surface area contributed by atoms with Crippen LogP contribution in [0.1, 0.15) is 18.9 Å². The number of halogens is 1. The van der Waals surface area contributed by atoms with Crippen LogP contribution in [0.5, 0.6) is 11.5 Å². The predicted octanol–water partition coefficient (Wildman–Crippen LogP) is 1.52. The Morgan fingerprint density at radius 2 is 2.28 bits per heavy atom. The summed E-state index contributed by atoms with van der Waals surface area (Å²) in [6, 6.07) is 3.53. The van der Waals surface area contributed by atoms with E-state index >= 15 is 0 Å². The van der Waals surface area contributed by atoms with Crippen LogP contribution in [0.15, 0.2) is 16.6 Å².